The highest BCUT2D eigenvalue weighted by Gasteiger charge is 2.39. The predicted molar refractivity (Wildman–Crippen MR) is 63.4 cm³/mol. The summed E-state index contributed by atoms with van der Waals surface area (Å²) in [4.78, 5) is 0. The molecule has 0 amide bonds. The molecule has 0 aromatic carbocycles. The van der Waals surface area contributed by atoms with Crippen LogP contribution in [-0.2, 0) is 4.74 Å². The number of nitrogens with one attached hydrogen (secondary N) is 1. The Morgan fingerprint density at radius 3 is 2.47 bits per heavy atom. The number of methoxy groups -OCH3 is 1. The van der Waals surface area contributed by atoms with Gasteiger partial charge in [-0.3, -0.25) is 11.3 Å². The van der Waals surface area contributed by atoms with Crippen molar-refractivity contribution in [2.75, 3.05) is 7.11 Å². The van der Waals surface area contributed by atoms with E-state index in [2.05, 4.69) is 19.3 Å². The molecule has 0 saturated heterocycles. The Labute approximate surface area is 93.7 Å². The number of hydrogen-bond donors (Lipinski definition) is 2. The first kappa shape index (κ1) is 12.9. The zero-order valence-corrected chi connectivity index (χ0v) is 10.4. The zero-order chi connectivity index (χ0) is 11.3. The molecule has 1 saturated carbocycles. The highest BCUT2D eigenvalue weighted by atomic mass is 16.5. The maximum atomic E-state index is 5.64. The summed E-state index contributed by atoms with van der Waals surface area (Å²) in [5.41, 5.74) is 3.09. The van der Waals surface area contributed by atoms with Gasteiger partial charge in [0.15, 0.2) is 0 Å². The van der Waals surface area contributed by atoms with E-state index in [1.54, 1.807) is 0 Å². The smallest absolute Gasteiger partial charge is 0.0694 e. The average Bonchev–Trinajstić information content (AvgIpc) is 2.18. The van der Waals surface area contributed by atoms with E-state index in [0.717, 1.165) is 6.42 Å². The summed E-state index contributed by atoms with van der Waals surface area (Å²) < 4.78 is 5.64. The van der Waals surface area contributed by atoms with Crippen molar-refractivity contribution in [3.63, 3.8) is 0 Å². The summed E-state index contributed by atoms with van der Waals surface area (Å²) in [5, 5.41) is 0. The van der Waals surface area contributed by atoms with Gasteiger partial charge in [0.2, 0.25) is 0 Å². The molecule has 0 aliphatic heterocycles. The molecular formula is C12H26N2O. The lowest BCUT2D eigenvalue weighted by Gasteiger charge is -2.43. The second kappa shape index (κ2) is 5.83. The minimum atomic E-state index is 0.124. The van der Waals surface area contributed by atoms with E-state index in [4.69, 9.17) is 10.6 Å². The topological polar surface area (TPSA) is 47.3 Å². The molecule has 1 aliphatic rings. The monoisotopic (exact) mass is 214 g/mol. The molecule has 0 spiro atoms. The summed E-state index contributed by atoms with van der Waals surface area (Å²) in [6.07, 6.45) is 7.20. The van der Waals surface area contributed by atoms with Crippen LogP contribution in [0, 0.1) is 5.92 Å². The molecule has 0 bridgehead atoms. The van der Waals surface area contributed by atoms with Gasteiger partial charge in [-0.25, -0.2) is 0 Å². The van der Waals surface area contributed by atoms with Crippen molar-refractivity contribution in [2.45, 2.75) is 64.0 Å². The summed E-state index contributed by atoms with van der Waals surface area (Å²) in [7, 11) is 1.83. The third-order valence-electron chi connectivity index (χ3n) is 3.93. The molecule has 0 radical (unpaired) electrons. The molecule has 3 heteroatoms. The molecule has 1 rings (SSSR count). The summed E-state index contributed by atoms with van der Waals surface area (Å²) in [6, 6.07) is 0.394. The van der Waals surface area contributed by atoms with E-state index < -0.39 is 0 Å². The number of hydrazine groups is 1. The molecule has 0 aromatic rings. The molecule has 0 aromatic heterocycles. The number of rotatable bonds is 7. The Hall–Kier alpha value is -0.120. The molecule has 3 nitrogen and oxygen atoms in total. The van der Waals surface area contributed by atoms with Crippen molar-refractivity contribution in [3.05, 3.63) is 0 Å². The normalized spacial score (nSPS) is 23.2. The van der Waals surface area contributed by atoms with Crippen molar-refractivity contribution in [1.82, 2.24) is 5.43 Å². The van der Waals surface area contributed by atoms with Gasteiger partial charge >= 0.3 is 0 Å². The van der Waals surface area contributed by atoms with Crippen molar-refractivity contribution in [3.8, 4) is 0 Å². The van der Waals surface area contributed by atoms with Gasteiger partial charge in [-0.05, 0) is 38.0 Å². The Bertz CT molecular complexity index is 175. The van der Waals surface area contributed by atoms with Crippen LogP contribution < -0.4 is 11.3 Å². The predicted octanol–water partition coefficient (Wildman–Crippen LogP) is 2.21. The largest absolute Gasteiger partial charge is 0.378 e. The molecule has 3 N–H and O–H groups in total. The second-order valence-electron chi connectivity index (χ2n) is 4.98. The number of ether oxygens (including phenoxy) is 1. The van der Waals surface area contributed by atoms with Gasteiger partial charge in [-0.15, -0.1) is 0 Å². The lowest BCUT2D eigenvalue weighted by molar-refractivity contribution is -0.0867. The van der Waals surface area contributed by atoms with Crippen LogP contribution in [0.3, 0.4) is 0 Å². The van der Waals surface area contributed by atoms with Crippen molar-refractivity contribution in [2.24, 2.45) is 11.8 Å². The van der Waals surface area contributed by atoms with Crippen molar-refractivity contribution >= 4 is 0 Å². The van der Waals surface area contributed by atoms with Crippen molar-refractivity contribution < 1.29 is 4.74 Å². The van der Waals surface area contributed by atoms with Gasteiger partial charge in [0.05, 0.1) is 5.60 Å². The zero-order valence-electron chi connectivity index (χ0n) is 10.4. The maximum absolute atomic E-state index is 5.64. The van der Waals surface area contributed by atoms with Crippen LogP contribution in [-0.4, -0.2) is 18.8 Å². The standard InChI is InChI=1S/C12H26N2O/c1-4-6-10(2)11(14-13)9-12(15-3)7-5-8-12/h10-11,14H,4-9,13H2,1-3H3. The summed E-state index contributed by atoms with van der Waals surface area (Å²) >= 11 is 0. The van der Waals surface area contributed by atoms with Crippen LogP contribution in [0.4, 0.5) is 0 Å². The quantitative estimate of drug-likeness (QED) is 0.504. The fourth-order valence-electron chi connectivity index (χ4n) is 2.54. The van der Waals surface area contributed by atoms with Crippen LogP contribution in [0.5, 0.6) is 0 Å². The highest BCUT2D eigenvalue weighted by molar-refractivity contribution is 4.93. The van der Waals surface area contributed by atoms with E-state index in [1.165, 1.54) is 32.1 Å². The van der Waals surface area contributed by atoms with Gasteiger partial charge in [-0.1, -0.05) is 20.3 Å². The first-order chi connectivity index (χ1) is 7.17. The van der Waals surface area contributed by atoms with E-state index >= 15 is 0 Å². The second-order valence-corrected chi connectivity index (χ2v) is 4.98. The Kier molecular flexibility index (Phi) is 5.03. The first-order valence-electron chi connectivity index (χ1n) is 6.18. The van der Waals surface area contributed by atoms with Gasteiger partial charge in [-0.2, -0.15) is 0 Å². The van der Waals surface area contributed by atoms with Crippen LogP contribution in [0.1, 0.15) is 52.4 Å². The van der Waals surface area contributed by atoms with Gasteiger partial charge in [0.1, 0.15) is 0 Å². The maximum Gasteiger partial charge on any atom is 0.0694 e. The highest BCUT2D eigenvalue weighted by Crippen LogP contribution is 2.40. The molecular weight excluding hydrogens is 188 g/mol. The minimum Gasteiger partial charge on any atom is -0.378 e. The first-order valence-corrected chi connectivity index (χ1v) is 6.18. The van der Waals surface area contributed by atoms with Crippen LogP contribution >= 0.6 is 0 Å². The van der Waals surface area contributed by atoms with Gasteiger partial charge in [0, 0.05) is 13.2 Å². The van der Waals surface area contributed by atoms with E-state index in [0.29, 0.717) is 12.0 Å². The molecule has 1 fully saturated rings. The number of nitrogens with two attached hydrogens (primary N) is 1. The number of hydrogen-bond acceptors (Lipinski definition) is 3. The molecule has 15 heavy (non-hydrogen) atoms. The third kappa shape index (κ3) is 3.16. The van der Waals surface area contributed by atoms with Gasteiger partial charge in [0.25, 0.3) is 0 Å². The molecule has 0 heterocycles. The fraction of sp³-hybridized carbons (Fsp3) is 1.00. The third-order valence-corrected chi connectivity index (χ3v) is 3.93. The lowest BCUT2D eigenvalue weighted by atomic mass is 9.73. The summed E-state index contributed by atoms with van der Waals surface area (Å²) in [6.45, 7) is 4.50. The Morgan fingerprint density at radius 2 is 2.13 bits per heavy atom. The molecule has 1 aliphatic carbocycles. The van der Waals surface area contributed by atoms with E-state index in [1.807, 2.05) is 7.11 Å². The molecule has 2 unspecified atom stereocenters. The Balaban J connectivity index is 2.44. The Morgan fingerprint density at radius 1 is 1.47 bits per heavy atom. The lowest BCUT2D eigenvalue weighted by Crippen LogP contribution is -2.50. The fourth-order valence-corrected chi connectivity index (χ4v) is 2.54. The van der Waals surface area contributed by atoms with Crippen LogP contribution in [0.15, 0.2) is 0 Å². The summed E-state index contributed by atoms with van der Waals surface area (Å²) in [5.74, 6) is 6.27. The van der Waals surface area contributed by atoms with E-state index in [-0.39, 0.29) is 5.60 Å². The van der Waals surface area contributed by atoms with Gasteiger partial charge < -0.3 is 4.74 Å². The van der Waals surface area contributed by atoms with Crippen LogP contribution in [0.25, 0.3) is 0 Å². The minimum absolute atomic E-state index is 0.124. The molecule has 2 atom stereocenters. The van der Waals surface area contributed by atoms with Crippen LogP contribution in [0.2, 0.25) is 0 Å². The SMILES string of the molecule is CCCC(C)C(CC1(OC)CCC1)NN. The van der Waals surface area contributed by atoms with Crippen molar-refractivity contribution in [1.29, 1.82) is 0 Å². The molecule has 90 valence electrons. The van der Waals surface area contributed by atoms with E-state index in [9.17, 15) is 0 Å². The average molecular weight is 214 g/mol.